The molecule has 1 saturated heterocycles. The van der Waals surface area contributed by atoms with E-state index in [1.54, 1.807) is 4.31 Å². The van der Waals surface area contributed by atoms with Gasteiger partial charge in [-0.15, -0.1) is 6.42 Å². The number of thiazole rings is 1. The number of hydrogen-bond acceptors (Lipinski definition) is 4. The van der Waals surface area contributed by atoms with E-state index in [1.165, 1.54) is 35.6 Å². The van der Waals surface area contributed by atoms with Crippen molar-refractivity contribution in [3.05, 3.63) is 71.0 Å². The first-order valence-corrected chi connectivity index (χ1v) is 13.8. The van der Waals surface area contributed by atoms with E-state index in [-0.39, 0.29) is 17.5 Å². The second kappa shape index (κ2) is 9.42. The van der Waals surface area contributed by atoms with Gasteiger partial charge in [-0.2, -0.15) is 9.30 Å². The minimum Gasteiger partial charge on any atom is -0.305 e. The van der Waals surface area contributed by atoms with Crippen LogP contribution in [-0.2, 0) is 16.6 Å². The fourth-order valence-electron chi connectivity index (χ4n) is 4.61. The number of piperidine rings is 1. The van der Waals surface area contributed by atoms with Crippen LogP contribution in [0.5, 0.6) is 0 Å². The zero-order chi connectivity index (χ0) is 24.6. The van der Waals surface area contributed by atoms with Crippen LogP contribution in [0.2, 0.25) is 0 Å². The quantitative estimate of drug-likeness (QED) is 0.376. The van der Waals surface area contributed by atoms with Gasteiger partial charge in [-0.1, -0.05) is 54.0 Å². The number of carbonyl (C=O) groups is 1. The normalized spacial score (nSPS) is 17.6. The van der Waals surface area contributed by atoms with Crippen LogP contribution in [0, 0.1) is 12.3 Å². The van der Waals surface area contributed by atoms with Gasteiger partial charge in [0, 0.05) is 23.5 Å². The molecule has 6 nitrogen and oxygen atoms in total. The highest BCUT2D eigenvalue weighted by atomic mass is 32.2. The molecule has 1 amide bonds. The molecule has 0 spiro atoms. The number of rotatable bonds is 4. The van der Waals surface area contributed by atoms with Gasteiger partial charge in [-0.3, -0.25) is 4.79 Å². The standard InChI is InChI=1S/C27H25N3O3S2/c1-3-17-29-24-16-13-20-9-4-5-10-23(20)25(24)34-27(29)28-26(31)21-11-14-22(15-12-21)35(32,33)30-18-7-6-8-19(30)2/h1,4-5,9-16,19H,6-8,17-18H2,2H3. The number of carbonyl (C=O) groups excluding carboxylic acids is 1. The summed E-state index contributed by atoms with van der Waals surface area (Å²) in [6.07, 6.45) is 8.37. The van der Waals surface area contributed by atoms with E-state index in [4.69, 9.17) is 6.42 Å². The topological polar surface area (TPSA) is 71.7 Å². The van der Waals surface area contributed by atoms with Gasteiger partial charge < -0.3 is 4.57 Å². The summed E-state index contributed by atoms with van der Waals surface area (Å²) >= 11 is 1.42. The van der Waals surface area contributed by atoms with Gasteiger partial charge in [0.2, 0.25) is 10.0 Å². The molecule has 1 unspecified atom stereocenters. The highest BCUT2D eigenvalue weighted by Gasteiger charge is 2.30. The molecule has 1 atom stereocenters. The molecular formula is C27H25N3O3S2. The molecule has 1 fully saturated rings. The monoisotopic (exact) mass is 503 g/mol. The third kappa shape index (κ3) is 4.31. The van der Waals surface area contributed by atoms with Gasteiger partial charge in [0.15, 0.2) is 4.80 Å². The van der Waals surface area contributed by atoms with Crippen molar-refractivity contribution in [1.29, 1.82) is 0 Å². The van der Waals surface area contributed by atoms with Crippen LogP contribution in [0.4, 0.5) is 0 Å². The van der Waals surface area contributed by atoms with Gasteiger partial charge >= 0.3 is 0 Å². The minimum atomic E-state index is -3.60. The van der Waals surface area contributed by atoms with Gasteiger partial charge in [0.25, 0.3) is 5.91 Å². The summed E-state index contributed by atoms with van der Waals surface area (Å²) in [7, 11) is -3.60. The smallest absolute Gasteiger partial charge is 0.279 e. The lowest BCUT2D eigenvalue weighted by Gasteiger charge is -2.32. The van der Waals surface area contributed by atoms with Crippen molar-refractivity contribution >= 4 is 48.3 Å². The third-order valence-corrected chi connectivity index (χ3v) is 9.63. The van der Waals surface area contributed by atoms with E-state index >= 15 is 0 Å². The average Bonchev–Trinajstić information content (AvgIpc) is 3.22. The Hall–Kier alpha value is -3.25. The summed E-state index contributed by atoms with van der Waals surface area (Å²) in [6.45, 7) is 2.75. The molecule has 0 saturated carbocycles. The predicted molar refractivity (Wildman–Crippen MR) is 140 cm³/mol. The molecule has 1 aliphatic heterocycles. The maximum Gasteiger partial charge on any atom is 0.279 e. The number of hydrogen-bond donors (Lipinski definition) is 0. The molecule has 0 aliphatic carbocycles. The van der Waals surface area contributed by atoms with E-state index in [1.807, 2.05) is 47.9 Å². The van der Waals surface area contributed by atoms with Crippen molar-refractivity contribution < 1.29 is 13.2 Å². The third-order valence-electron chi connectivity index (χ3n) is 6.47. The van der Waals surface area contributed by atoms with Gasteiger partial charge in [-0.25, -0.2) is 8.42 Å². The maximum absolute atomic E-state index is 13.1. The van der Waals surface area contributed by atoms with E-state index in [9.17, 15) is 13.2 Å². The molecule has 1 aromatic heterocycles. The Kier molecular flexibility index (Phi) is 6.32. The highest BCUT2D eigenvalue weighted by Crippen LogP contribution is 2.28. The fourth-order valence-corrected chi connectivity index (χ4v) is 7.48. The molecule has 35 heavy (non-hydrogen) atoms. The average molecular weight is 504 g/mol. The second-order valence-corrected chi connectivity index (χ2v) is 11.6. The van der Waals surface area contributed by atoms with E-state index < -0.39 is 15.9 Å². The van der Waals surface area contributed by atoms with Gasteiger partial charge in [-0.05, 0) is 55.5 Å². The minimum absolute atomic E-state index is 0.0271. The van der Waals surface area contributed by atoms with E-state index in [0.717, 1.165) is 40.3 Å². The van der Waals surface area contributed by atoms with Crippen molar-refractivity contribution in [2.24, 2.45) is 4.99 Å². The largest absolute Gasteiger partial charge is 0.305 e. The van der Waals surface area contributed by atoms with Crippen molar-refractivity contribution in [1.82, 2.24) is 8.87 Å². The van der Waals surface area contributed by atoms with Crippen LogP contribution in [0.25, 0.3) is 21.0 Å². The molecule has 0 bridgehead atoms. The summed E-state index contributed by atoms with van der Waals surface area (Å²) in [5, 5.41) is 2.18. The molecule has 8 heteroatoms. The molecular weight excluding hydrogens is 478 g/mol. The highest BCUT2D eigenvalue weighted by molar-refractivity contribution is 7.89. The summed E-state index contributed by atoms with van der Waals surface area (Å²) < 4.78 is 30.6. The lowest BCUT2D eigenvalue weighted by molar-refractivity contribution is 0.0997. The number of nitrogens with zero attached hydrogens (tertiary/aromatic N) is 3. The summed E-state index contributed by atoms with van der Waals surface area (Å²) in [6, 6.07) is 18.1. The lowest BCUT2D eigenvalue weighted by atomic mass is 10.1. The molecule has 178 valence electrons. The van der Waals surface area contributed by atoms with Gasteiger partial charge in [0.1, 0.15) is 0 Å². The SMILES string of the molecule is C#CCn1c(=NC(=O)c2ccc(S(=O)(=O)N3CCCCC3C)cc2)sc2c3ccccc3ccc21. The molecule has 2 heterocycles. The Morgan fingerprint density at radius 3 is 2.63 bits per heavy atom. The van der Waals surface area contributed by atoms with Crippen molar-refractivity contribution in [2.75, 3.05) is 6.54 Å². The Morgan fingerprint density at radius 1 is 1.11 bits per heavy atom. The van der Waals surface area contributed by atoms with Crippen LogP contribution in [0.3, 0.4) is 0 Å². The molecule has 3 aromatic carbocycles. The molecule has 4 aromatic rings. The van der Waals surface area contributed by atoms with Crippen LogP contribution < -0.4 is 4.80 Å². The Bertz CT molecular complexity index is 1640. The van der Waals surface area contributed by atoms with Crippen molar-refractivity contribution in [3.63, 3.8) is 0 Å². The zero-order valence-corrected chi connectivity index (χ0v) is 21.0. The van der Waals surface area contributed by atoms with Crippen LogP contribution in [0.15, 0.2) is 70.6 Å². The van der Waals surface area contributed by atoms with Gasteiger partial charge in [0.05, 0.1) is 21.7 Å². The lowest BCUT2D eigenvalue weighted by Crippen LogP contribution is -2.41. The molecule has 5 rings (SSSR count). The number of aromatic nitrogens is 1. The second-order valence-electron chi connectivity index (χ2n) is 8.71. The van der Waals surface area contributed by atoms with Crippen LogP contribution in [0.1, 0.15) is 36.5 Å². The van der Waals surface area contributed by atoms with E-state index in [2.05, 4.69) is 10.9 Å². The molecule has 0 radical (unpaired) electrons. The van der Waals surface area contributed by atoms with Crippen molar-refractivity contribution in [3.8, 4) is 12.3 Å². The van der Waals surface area contributed by atoms with E-state index in [0.29, 0.717) is 16.9 Å². The molecule has 1 aliphatic rings. The number of sulfonamides is 1. The number of terminal acetylenes is 1. The Labute approximate surface area is 208 Å². The van der Waals surface area contributed by atoms with Crippen LogP contribution >= 0.6 is 11.3 Å². The summed E-state index contributed by atoms with van der Waals surface area (Å²) in [5.41, 5.74) is 1.25. The number of fused-ring (bicyclic) bond motifs is 3. The zero-order valence-electron chi connectivity index (χ0n) is 19.3. The first kappa shape index (κ1) is 23.5. The maximum atomic E-state index is 13.1. The number of amides is 1. The predicted octanol–water partition coefficient (Wildman–Crippen LogP) is 4.79. The first-order valence-electron chi connectivity index (χ1n) is 11.6. The summed E-state index contributed by atoms with van der Waals surface area (Å²) in [5.74, 6) is 2.21. The summed E-state index contributed by atoms with van der Waals surface area (Å²) in [4.78, 5) is 18.1. The Balaban J connectivity index is 1.51. The van der Waals surface area contributed by atoms with Crippen LogP contribution in [-0.4, -0.2) is 35.8 Å². The Morgan fingerprint density at radius 2 is 1.89 bits per heavy atom. The first-order chi connectivity index (χ1) is 16.9. The number of benzene rings is 3. The van der Waals surface area contributed by atoms with Crippen molar-refractivity contribution in [2.45, 2.75) is 43.7 Å². The fraction of sp³-hybridized carbons (Fsp3) is 0.259. The molecule has 0 N–H and O–H groups in total.